The standard InChI is InChI=1S/C13H14N4O/c1-9-2-3-11(12(14)18)13(17-9)16-8-10-4-6-15-7-5-10/h2-7H,8H2,1H3,(H2,14,18)(H,16,17). The number of nitrogens with one attached hydrogen (secondary N) is 1. The molecule has 0 bridgehead atoms. The number of hydrogen-bond donors (Lipinski definition) is 2. The Morgan fingerprint density at radius 3 is 2.67 bits per heavy atom. The van der Waals surface area contributed by atoms with Crippen LogP contribution in [0.15, 0.2) is 36.7 Å². The number of amides is 1. The number of carbonyl (C=O) groups is 1. The molecule has 0 fully saturated rings. The maximum atomic E-state index is 11.3. The Kier molecular flexibility index (Phi) is 3.52. The second-order valence-electron chi connectivity index (χ2n) is 3.92. The first-order valence-corrected chi connectivity index (χ1v) is 5.57. The maximum Gasteiger partial charge on any atom is 0.252 e. The molecule has 3 N–H and O–H groups in total. The predicted octanol–water partition coefficient (Wildman–Crippen LogP) is 1.50. The molecule has 0 aliphatic carbocycles. The fourth-order valence-electron chi connectivity index (χ4n) is 1.58. The van der Waals surface area contributed by atoms with E-state index < -0.39 is 5.91 Å². The molecule has 0 radical (unpaired) electrons. The Labute approximate surface area is 105 Å². The van der Waals surface area contributed by atoms with Crippen LogP contribution in [0.4, 0.5) is 5.82 Å². The molecule has 0 spiro atoms. The van der Waals surface area contributed by atoms with E-state index in [4.69, 9.17) is 5.73 Å². The monoisotopic (exact) mass is 242 g/mol. The molecule has 92 valence electrons. The van der Waals surface area contributed by atoms with Crippen molar-refractivity contribution in [1.82, 2.24) is 9.97 Å². The van der Waals surface area contributed by atoms with Crippen LogP contribution in [-0.2, 0) is 6.54 Å². The van der Waals surface area contributed by atoms with E-state index in [9.17, 15) is 4.79 Å². The van der Waals surface area contributed by atoms with E-state index in [-0.39, 0.29) is 0 Å². The first kappa shape index (κ1) is 12.0. The van der Waals surface area contributed by atoms with E-state index in [1.54, 1.807) is 24.5 Å². The second kappa shape index (κ2) is 5.27. The summed E-state index contributed by atoms with van der Waals surface area (Å²) in [6.45, 7) is 2.43. The highest BCUT2D eigenvalue weighted by Gasteiger charge is 2.09. The number of carbonyl (C=O) groups excluding carboxylic acids is 1. The second-order valence-corrected chi connectivity index (χ2v) is 3.92. The van der Waals surface area contributed by atoms with E-state index in [0.29, 0.717) is 17.9 Å². The molecule has 5 heteroatoms. The van der Waals surface area contributed by atoms with E-state index in [0.717, 1.165) is 11.3 Å². The van der Waals surface area contributed by atoms with Crippen molar-refractivity contribution >= 4 is 11.7 Å². The normalized spacial score (nSPS) is 10.1. The molecule has 0 aliphatic heterocycles. The van der Waals surface area contributed by atoms with E-state index in [1.807, 2.05) is 19.1 Å². The summed E-state index contributed by atoms with van der Waals surface area (Å²) >= 11 is 0. The van der Waals surface area contributed by atoms with Crippen molar-refractivity contribution in [1.29, 1.82) is 0 Å². The van der Waals surface area contributed by atoms with Gasteiger partial charge in [-0.05, 0) is 36.8 Å². The van der Waals surface area contributed by atoms with Crippen molar-refractivity contribution < 1.29 is 4.79 Å². The Morgan fingerprint density at radius 2 is 2.00 bits per heavy atom. The molecule has 0 saturated carbocycles. The number of rotatable bonds is 4. The topological polar surface area (TPSA) is 80.9 Å². The molecule has 1 amide bonds. The number of hydrogen-bond acceptors (Lipinski definition) is 4. The van der Waals surface area contributed by atoms with Crippen LogP contribution < -0.4 is 11.1 Å². The van der Waals surface area contributed by atoms with Crippen LogP contribution in [0.25, 0.3) is 0 Å². The summed E-state index contributed by atoms with van der Waals surface area (Å²) in [5.74, 6) is 0.0269. The van der Waals surface area contributed by atoms with Gasteiger partial charge in [0.25, 0.3) is 5.91 Å². The van der Waals surface area contributed by atoms with Gasteiger partial charge < -0.3 is 11.1 Å². The zero-order valence-electron chi connectivity index (χ0n) is 10.1. The van der Waals surface area contributed by atoms with Gasteiger partial charge in [0.1, 0.15) is 5.82 Å². The van der Waals surface area contributed by atoms with Crippen LogP contribution in [-0.4, -0.2) is 15.9 Å². The summed E-state index contributed by atoms with van der Waals surface area (Å²) in [7, 11) is 0. The third kappa shape index (κ3) is 2.82. The highest BCUT2D eigenvalue weighted by Crippen LogP contribution is 2.14. The molecule has 0 saturated heterocycles. The van der Waals surface area contributed by atoms with Crippen LogP contribution in [0.3, 0.4) is 0 Å². The van der Waals surface area contributed by atoms with Crippen molar-refractivity contribution in [3.63, 3.8) is 0 Å². The smallest absolute Gasteiger partial charge is 0.252 e. The number of nitrogens with two attached hydrogens (primary N) is 1. The Balaban J connectivity index is 2.18. The average Bonchev–Trinajstić information content (AvgIpc) is 2.37. The molecule has 2 rings (SSSR count). The molecule has 0 unspecified atom stereocenters. The Morgan fingerprint density at radius 1 is 1.28 bits per heavy atom. The molecule has 0 aromatic carbocycles. The zero-order valence-corrected chi connectivity index (χ0v) is 10.1. The molecule has 0 aliphatic rings. The zero-order chi connectivity index (χ0) is 13.0. The van der Waals surface area contributed by atoms with Crippen molar-refractivity contribution in [2.75, 3.05) is 5.32 Å². The molecule has 0 atom stereocenters. The third-order valence-corrected chi connectivity index (χ3v) is 2.51. The lowest BCUT2D eigenvalue weighted by Crippen LogP contribution is -2.15. The van der Waals surface area contributed by atoms with Crippen LogP contribution in [0.1, 0.15) is 21.6 Å². The van der Waals surface area contributed by atoms with Crippen LogP contribution in [0, 0.1) is 6.92 Å². The summed E-state index contributed by atoms with van der Waals surface area (Å²) in [5, 5.41) is 3.11. The minimum absolute atomic E-state index is 0.398. The van der Waals surface area contributed by atoms with Gasteiger partial charge in [0.15, 0.2) is 0 Å². The fourth-order valence-corrected chi connectivity index (χ4v) is 1.58. The first-order chi connectivity index (χ1) is 8.66. The lowest BCUT2D eigenvalue weighted by atomic mass is 10.2. The predicted molar refractivity (Wildman–Crippen MR) is 69.1 cm³/mol. The number of primary amides is 1. The van der Waals surface area contributed by atoms with Gasteiger partial charge in [-0.3, -0.25) is 9.78 Å². The van der Waals surface area contributed by atoms with Gasteiger partial charge in [-0.2, -0.15) is 0 Å². The summed E-state index contributed by atoms with van der Waals surface area (Å²) in [6.07, 6.45) is 3.44. The van der Waals surface area contributed by atoms with Crippen LogP contribution in [0.5, 0.6) is 0 Å². The molecular weight excluding hydrogens is 228 g/mol. The van der Waals surface area contributed by atoms with Crippen LogP contribution >= 0.6 is 0 Å². The lowest BCUT2D eigenvalue weighted by molar-refractivity contribution is 0.100. The third-order valence-electron chi connectivity index (χ3n) is 2.51. The average molecular weight is 242 g/mol. The molecule has 2 heterocycles. The number of aryl methyl sites for hydroxylation is 1. The van der Waals surface area contributed by atoms with Gasteiger partial charge in [0.05, 0.1) is 5.56 Å². The van der Waals surface area contributed by atoms with Crippen molar-refractivity contribution in [2.24, 2.45) is 5.73 Å². The summed E-state index contributed by atoms with van der Waals surface area (Å²) in [4.78, 5) is 19.5. The molecule has 2 aromatic heterocycles. The van der Waals surface area contributed by atoms with E-state index in [2.05, 4.69) is 15.3 Å². The summed E-state index contributed by atoms with van der Waals surface area (Å²) in [5.41, 5.74) is 7.59. The minimum Gasteiger partial charge on any atom is -0.365 e. The number of pyridine rings is 2. The van der Waals surface area contributed by atoms with Gasteiger partial charge in [-0.1, -0.05) is 0 Å². The highest BCUT2D eigenvalue weighted by atomic mass is 16.1. The van der Waals surface area contributed by atoms with Gasteiger partial charge in [-0.15, -0.1) is 0 Å². The minimum atomic E-state index is -0.486. The summed E-state index contributed by atoms with van der Waals surface area (Å²) < 4.78 is 0. The van der Waals surface area contributed by atoms with E-state index >= 15 is 0 Å². The molecule has 18 heavy (non-hydrogen) atoms. The summed E-state index contributed by atoms with van der Waals surface area (Å²) in [6, 6.07) is 7.23. The number of nitrogens with zero attached hydrogens (tertiary/aromatic N) is 2. The van der Waals surface area contributed by atoms with Crippen LogP contribution in [0.2, 0.25) is 0 Å². The largest absolute Gasteiger partial charge is 0.365 e. The fraction of sp³-hybridized carbons (Fsp3) is 0.154. The van der Waals surface area contributed by atoms with Gasteiger partial charge >= 0.3 is 0 Å². The van der Waals surface area contributed by atoms with Crippen molar-refractivity contribution in [2.45, 2.75) is 13.5 Å². The van der Waals surface area contributed by atoms with Gasteiger partial charge in [0, 0.05) is 24.6 Å². The molecular formula is C13H14N4O. The van der Waals surface area contributed by atoms with Gasteiger partial charge in [-0.25, -0.2) is 4.98 Å². The van der Waals surface area contributed by atoms with Gasteiger partial charge in [0.2, 0.25) is 0 Å². The SMILES string of the molecule is Cc1ccc(C(N)=O)c(NCc2ccncc2)n1. The van der Waals surface area contributed by atoms with E-state index in [1.165, 1.54) is 0 Å². The Hall–Kier alpha value is -2.43. The number of anilines is 1. The molecule has 5 nitrogen and oxygen atoms in total. The highest BCUT2D eigenvalue weighted by molar-refractivity contribution is 5.97. The maximum absolute atomic E-state index is 11.3. The quantitative estimate of drug-likeness (QED) is 0.851. The molecule has 2 aromatic rings. The Bertz CT molecular complexity index is 554. The lowest BCUT2D eigenvalue weighted by Gasteiger charge is -2.09. The number of aromatic nitrogens is 2. The first-order valence-electron chi connectivity index (χ1n) is 5.57. The van der Waals surface area contributed by atoms with Crippen molar-refractivity contribution in [3.8, 4) is 0 Å². The van der Waals surface area contributed by atoms with Crippen molar-refractivity contribution in [3.05, 3.63) is 53.5 Å².